The molecule has 1 N–H and O–H groups in total. The molecule has 0 saturated carbocycles. The summed E-state index contributed by atoms with van der Waals surface area (Å²) in [6.45, 7) is 3.34. The number of rotatable bonds is 5. The molecule has 0 aliphatic heterocycles. The lowest BCUT2D eigenvalue weighted by Crippen LogP contribution is -2.13. The first-order chi connectivity index (χ1) is 8.70. The second kappa shape index (κ2) is 5.98. The number of benzene rings is 1. The number of ether oxygens (including phenoxy) is 1. The minimum absolute atomic E-state index is 0.283. The van der Waals surface area contributed by atoms with Gasteiger partial charge in [-0.3, -0.25) is 0 Å². The van der Waals surface area contributed by atoms with Gasteiger partial charge in [0.25, 0.3) is 0 Å². The molecule has 0 fully saturated rings. The zero-order valence-electron chi connectivity index (χ0n) is 10.5. The minimum atomic E-state index is -0.283. The normalized spacial score (nSPS) is 10.6. The maximum absolute atomic E-state index is 13.8. The molecule has 0 saturated heterocycles. The summed E-state index contributed by atoms with van der Waals surface area (Å²) in [6, 6.07) is 9.38. The second-order valence-corrected chi connectivity index (χ2v) is 5.42. The molecule has 0 amide bonds. The van der Waals surface area contributed by atoms with Crippen LogP contribution in [0.25, 0.3) is 0 Å². The summed E-state index contributed by atoms with van der Waals surface area (Å²) in [4.78, 5) is 2.55. The van der Waals surface area contributed by atoms with E-state index in [0.717, 1.165) is 6.54 Å². The molecule has 2 rings (SSSR count). The molecule has 0 atom stereocenters. The van der Waals surface area contributed by atoms with Crippen LogP contribution in [0.15, 0.2) is 30.3 Å². The highest BCUT2D eigenvalue weighted by atomic mass is 32.1. The van der Waals surface area contributed by atoms with Crippen LogP contribution >= 0.6 is 11.3 Å². The van der Waals surface area contributed by atoms with Crippen LogP contribution in [0.5, 0.6) is 5.75 Å². The molecule has 1 heterocycles. The Morgan fingerprint density at radius 3 is 2.72 bits per heavy atom. The fraction of sp³-hybridized carbons (Fsp3) is 0.286. The molecule has 18 heavy (non-hydrogen) atoms. The quantitative estimate of drug-likeness (QED) is 0.893. The molecule has 2 nitrogen and oxygen atoms in total. The van der Waals surface area contributed by atoms with Crippen LogP contribution < -0.4 is 10.1 Å². The van der Waals surface area contributed by atoms with Crippen molar-refractivity contribution in [3.63, 3.8) is 0 Å². The van der Waals surface area contributed by atoms with Gasteiger partial charge in [0.15, 0.2) is 11.6 Å². The lowest BCUT2D eigenvalue weighted by molar-refractivity contribution is 0.383. The van der Waals surface area contributed by atoms with Crippen molar-refractivity contribution >= 4 is 11.3 Å². The summed E-state index contributed by atoms with van der Waals surface area (Å²) in [7, 11) is 1.48. The molecule has 4 heteroatoms. The van der Waals surface area contributed by atoms with Gasteiger partial charge in [0.1, 0.15) is 0 Å². The van der Waals surface area contributed by atoms with E-state index in [0.29, 0.717) is 17.9 Å². The number of methoxy groups -OCH3 is 1. The van der Waals surface area contributed by atoms with Crippen LogP contribution in [-0.4, -0.2) is 7.11 Å². The predicted octanol–water partition coefficient (Wildman–Crippen LogP) is 3.49. The zero-order valence-corrected chi connectivity index (χ0v) is 11.3. The fourth-order valence-electron chi connectivity index (χ4n) is 1.75. The maximum Gasteiger partial charge on any atom is 0.169 e. The number of aryl methyl sites for hydroxylation is 1. The molecule has 0 aliphatic carbocycles. The van der Waals surface area contributed by atoms with Crippen molar-refractivity contribution in [2.45, 2.75) is 20.0 Å². The van der Waals surface area contributed by atoms with Gasteiger partial charge in [-0.1, -0.05) is 12.1 Å². The highest BCUT2D eigenvalue weighted by Crippen LogP contribution is 2.20. The van der Waals surface area contributed by atoms with Gasteiger partial charge in [-0.2, -0.15) is 0 Å². The average Bonchev–Trinajstić information content (AvgIpc) is 2.77. The van der Waals surface area contributed by atoms with Crippen LogP contribution in [0.1, 0.15) is 15.3 Å². The smallest absolute Gasteiger partial charge is 0.169 e. The van der Waals surface area contributed by atoms with Gasteiger partial charge in [-0.25, -0.2) is 4.39 Å². The summed E-state index contributed by atoms with van der Waals surface area (Å²) in [5, 5.41) is 3.24. The van der Waals surface area contributed by atoms with E-state index < -0.39 is 0 Å². The molecule has 0 aliphatic rings. The molecule has 0 bridgehead atoms. The lowest BCUT2D eigenvalue weighted by atomic mass is 10.2. The van der Waals surface area contributed by atoms with Gasteiger partial charge in [0, 0.05) is 28.4 Å². The summed E-state index contributed by atoms with van der Waals surface area (Å²) in [5.74, 6) is 0.0103. The van der Waals surface area contributed by atoms with E-state index in [4.69, 9.17) is 4.74 Å². The monoisotopic (exact) mass is 265 g/mol. The summed E-state index contributed by atoms with van der Waals surface area (Å²) in [5.41, 5.74) is 0.627. The van der Waals surface area contributed by atoms with Crippen LogP contribution in [0.4, 0.5) is 4.39 Å². The van der Waals surface area contributed by atoms with Crippen molar-refractivity contribution in [2.75, 3.05) is 7.11 Å². The van der Waals surface area contributed by atoms with Crippen LogP contribution in [-0.2, 0) is 13.1 Å². The van der Waals surface area contributed by atoms with E-state index in [2.05, 4.69) is 24.4 Å². The maximum atomic E-state index is 13.8. The predicted molar refractivity (Wildman–Crippen MR) is 72.6 cm³/mol. The van der Waals surface area contributed by atoms with Gasteiger partial charge in [0.05, 0.1) is 7.11 Å². The number of thiophene rings is 1. The van der Waals surface area contributed by atoms with Gasteiger partial charge >= 0.3 is 0 Å². The van der Waals surface area contributed by atoms with Crippen LogP contribution in [0.2, 0.25) is 0 Å². The standard InChI is InChI=1S/C14H16FNOS/c1-10-6-7-12(18-10)9-16-8-11-4-3-5-13(17-2)14(11)15/h3-7,16H,8-9H2,1-2H3. The largest absolute Gasteiger partial charge is 0.494 e. The summed E-state index contributed by atoms with van der Waals surface area (Å²) < 4.78 is 18.8. The minimum Gasteiger partial charge on any atom is -0.494 e. The number of hydrogen-bond acceptors (Lipinski definition) is 3. The first-order valence-corrected chi connectivity index (χ1v) is 6.60. The lowest BCUT2D eigenvalue weighted by Gasteiger charge is -2.08. The molecule has 96 valence electrons. The van der Waals surface area contributed by atoms with Crippen molar-refractivity contribution in [3.8, 4) is 5.75 Å². The third kappa shape index (κ3) is 3.09. The number of hydrogen-bond donors (Lipinski definition) is 1. The summed E-state index contributed by atoms with van der Waals surface area (Å²) in [6.07, 6.45) is 0. The van der Waals surface area contributed by atoms with Crippen molar-refractivity contribution in [1.29, 1.82) is 0 Å². The van der Waals surface area contributed by atoms with Crippen molar-refractivity contribution in [1.82, 2.24) is 5.32 Å². The molecular formula is C14H16FNOS. The Hall–Kier alpha value is -1.39. The van der Waals surface area contributed by atoms with Crippen molar-refractivity contribution in [2.24, 2.45) is 0 Å². The Labute approximate surface area is 110 Å². The van der Waals surface area contributed by atoms with E-state index in [9.17, 15) is 4.39 Å². The van der Waals surface area contributed by atoms with Crippen LogP contribution in [0.3, 0.4) is 0 Å². The van der Waals surface area contributed by atoms with E-state index >= 15 is 0 Å². The molecule has 0 unspecified atom stereocenters. The Bertz CT molecular complexity index is 524. The first kappa shape index (κ1) is 13.1. The van der Waals surface area contributed by atoms with E-state index in [1.807, 2.05) is 0 Å². The van der Waals surface area contributed by atoms with Crippen LogP contribution in [0, 0.1) is 12.7 Å². The Kier molecular flexibility index (Phi) is 4.33. The zero-order chi connectivity index (χ0) is 13.0. The highest BCUT2D eigenvalue weighted by molar-refractivity contribution is 7.11. The van der Waals surface area contributed by atoms with Crippen molar-refractivity contribution in [3.05, 3.63) is 51.5 Å². The second-order valence-electron chi connectivity index (χ2n) is 4.05. The average molecular weight is 265 g/mol. The molecule has 0 spiro atoms. The molecule has 0 radical (unpaired) electrons. The summed E-state index contributed by atoms with van der Waals surface area (Å²) >= 11 is 1.75. The Morgan fingerprint density at radius 1 is 1.22 bits per heavy atom. The molecule has 2 aromatic rings. The molecule has 1 aromatic carbocycles. The fourth-order valence-corrected chi connectivity index (χ4v) is 2.61. The van der Waals surface area contributed by atoms with E-state index in [-0.39, 0.29) is 5.82 Å². The Balaban J connectivity index is 1.94. The van der Waals surface area contributed by atoms with E-state index in [1.165, 1.54) is 16.9 Å². The third-order valence-corrected chi connectivity index (χ3v) is 3.67. The van der Waals surface area contributed by atoms with Gasteiger partial charge in [0.2, 0.25) is 0 Å². The van der Waals surface area contributed by atoms with Gasteiger partial charge < -0.3 is 10.1 Å². The third-order valence-electron chi connectivity index (χ3n) is 2.67. The van der Waals surface area contributed by atoms with Gasteiger partial charge in [-0.05, 0) is 25.1 Å². The Morgan fingerprint density at radius 2 is 2.06 bits per heavy atom. The highest BCUT2D eigenvalue weighted by Gasteiger charge is 2.07. The number of nitrogens with one attached hydrogen (secondary N) is 1. The topological polar surface area (TPSA) is 21.3 Å². The number of halogens is 1. The van der Waals surface area contributed by atoms with E-state index in [1.54, 1.807) is 29.5 Å². The SMILES string of the molecule is COc1cccc(CNCc2ccc(C)s2)c1F. The first-order valence-electron chi connectivity index (χ1n) is 5.78. The molecule has 1 aromatic heterocycles. The van der Waals surface area contributed by atoms with Gasteiger partial charge in [-0.15, -0.1) is 11.3 Å². The molecular weight excluding hydrogens is 249 g/mol. The van der Waals surface area contributed by atoms with Crippen molar-refractivity contribution < 1.29 is 9.13 Å².